The number of benzene rings is 1. The zero-order chi connectivity index (χ0) is 12.3. The molecule has 5 heteroatoms. The Hall–Kier alpha value is -1.10. The van der Waals surface area contributed by atoms with Crippen LogP contribution in [0, 0.1) is 5.82 Å². The van der Waals surface area contributed by atoms with E-state index < -0.39 is 18.4 Å². The Balaban J connectivity index is 2.98. The number of halogens is 4. The molecule has 1 aromatic carbocycles. The summed E-state index contributed by atoms with van der Waals surface area (Å²) in [6.45, 7) is 1.67. The highest BCUT2D eigenvalue weighted by atomic mass is 19.4. The smallest absolute Gasteiger partial charge is 0.328 e. The third-order valence-electron chi connectivity index (χ3n) is 2.10. The first-order valence-electron chi connectivity index (χ1n) is 4.87. The van der Waals surface area contributed by atoms with Crippen molar-refractivity contribution in [2.45, 2.75) is 32.0 Å². The van der Waals surface area contributed by atoms with Crippen LogP contribution >= 0.6 is 0 Å². The minimum Gasteiger partial charge on any atom is -0.328 e. The van der Waals surface area contributed by atoms with Gasteiger partial charge in [0.1, 0.15) is 5.82 Å². The summed E-state index contributed by atoms with van der Waals surface area (Å²) in [5.74, 6) is -0.540. The first-order chi connectivity index (χ1) is 7.28. The van der Waals surface area contributed by atoms with Crippen LogP contribution in [0.25, 0.3) is 0 Å². The molecular formula is C11H13F4N. The Morgan fingerprint density at radius 3 is 2.38 bits per heavy atom. The molecule has 0 radical (unpaired) electrons. The second-order valence-electron chi connectivity index (χ2n) is 3.89. The zero-order valence-corrected chi connectivity index (χ0v) is 8.81. The third-order valence-corrected chi connectivity index (χ3v) is 2.10. The quantitative estimate of drug-likeness (QED) is 0.801. The summed E-state index contributed by atoms with van der Waals surface area (Å²) in [4.78, 5) is 0. The molecule has 0 aliphatic heterocycles. The van der Waals surface area contributed by atoms with Crippen molar-refractivity contribution in [1.29, 1.82) is 0 Å². The molecule has 0 aromatic heterocycles. The maximum absolute atomic E-state index is 12.9. The normalized spacial score (nSPS) is 13.9. The van der Waals surface area contributed by atoms with Gasteiger partial charge in [0.2, 0.25) is 0 Å². The van der Waals surface area contributed by atoms with Gasteiger partial charge in [-0.25, -0.2) is 4.39 Å². The lowest BCUT2D eigenvalue weighted by atomic mass is 9.99. The number of rotatable bonds is 3. The molecule has 0 amide bonds. The van der Waals surface area contributed by atoms with Gasteiger partial charge in [-0.2, -0.15) is 13.2 Å². The van der Waals surface area contributed by atoms with Crippen LogP contribution in [0.5, 0.6) is 0 Å². The molecule has 0 saturated carbocycles. The van der Waals surface area contributed by atoms with Crippen molar-refractivity contribution < 1.29 is 17.6 Å². The second kappa shape index (κ2) is 4.82. The lowest BCUT2D eigenvalue weighted by molar-refractivity contribution is -0.127. The van der Waals surface area contributed by atoms with Gasteiger partial charge in [-0.05, 0) is 36.6 Å². The molecule has 1 rings (SSSR count). The molecule has 0 fully saturated rings. The fraction of sp³-hybridized carbons (Fsp3) is 0.455. The molecule has 2 N–H and O–H groups in total. The van der Waals surface area contributed by atoms with Crippen LogP contribution in [0.1, 0.15) is 18.1 Å². The maximum atomic E-state index is 12.9. The van der Waals surface area contributed by atoms with E-state index in [1.165, 1.54) is 6.07 Å². The van der Waals surface area contributed by atoms with Crippen molar-refractivity contribution in [2.24, 2.45) is 5.73 Å². The summed E-state index contributed by atoms with van der Waals surface area (Å²) in [5.41, 5.74) is 5.92. The summed E-state index contributed by atoms with van der Waals surface area (Å²) >= 11 is 0. The van der Waals surface area contributed by atoms with E-state index >= 15 is 0 Å². The highest BCUT2D eigenvalue weighted by Gasteiger charge is 2.28. The fourth-order valence-corrected chi connectivity index (χ4v) is 1.52. The molecule has 1 aromatic rings. The topological polar surface area (TPSA) is 26.0 Å². The van der Waals surface area contributed by atoms with Gasteiger partial charge >= 0.3 is 6.18 Å². The molecule has 90 valence electrons. The minimum absolute atomic E-state index is 0.0891. The van der Waals surface area contributed by atoms with Gasteiger partial charge in [0, 0.05) is 6.04 Å². The van der Waals surface area contributed by atoms with E-state index in [1.807, 2.05) is 0 Å². The van der Waals surface area contributed by atoms with Crippen LogP contribution in [0.2, 0.25) is 0 Å². The summed E-state index contributed by atoms with van der Waals surface area (Å²) in [5, 5.41) is 0. The monoisotopic (exact) mass is 235 g/mol. The molecule has 1 unspecified atom stereocenters. The standard InChI is InChI=1S/C11H13F4N/c1-7(16)4-9-5-10(12)3-2-8(9)6-11(13,14)15/h2-3,5,7H,4,6,16H2,1H3. The third kappa shape index (κ3) is 4.18. The van der Waals surface area contributed by atoms with Crippen LogP contribution in [0.3, 0.4) is 0 Å². The van der Waals surface area contributed by atoms with Gasteiger partial charge in [-0.1, -0.05) is 6.07 Å². The lowest BCUT2D eigenvalue weighted by Gasteiger charge is -2.13. The fourth-order valence-electron chi connectivity index (χ4n) is 1.52. The average Bonchev–Trinajstić information content (AvgIpc) is 2.06. The second-order valence-corrected chi connectivity index (χ2v) is 3.89. The Kier molecular flexibility index (Phi) is 3.91. The molecule has 1 atom stereocenters. The minimum atomic E-state index is -4.29. The molecular weight excluding hydrogens is 222 g/mol. The predicted octanol–water partition coefficient (Wildman–Crippen LogP) is 2.82. The highest BCUT2D eigenvalue weighted by Crippen LogP contribution is 2.24. The first kappa shape index (κ1) is 13.0. The van der Waals surface area contributed by atoms with Crippen molar-refractivity contribution in [3.8, 4) is 0 Å². The zero-order valence-electron chi connectivity index (χ0n) is 8.81. The molecule has 1 nitrogen and oxygen atoms in total. The SMILES string of the molecule is CC(N)Cc1cc(F)ccc1CC(F)(F)F. The maximum Gasteiger partial charge on any atom is 0.393 e. The van der Waals surface area contributed by atoms with Crippen LogP contribution < -0.4 is 5.73 Å². The summed E-state index contributed by atoms with van der Waals surface area (Å²) in [6, 6.07) is 3.02. The van der Waals surface area contributed by atoms with Gasteiger partial charge in [0.05, 0.1) is 6.42 Å². The van der Waals surface area contributed by atoms with Crippen LogP contribution in [-0.4, -0.2) is 12.2 Å². The molecule has 16 heavy (non-hydrogen) atoms. The average molecular weight is 235 g/mol. The van der Waals surface area contributed by atoms with Crippen LogP contribution in [0.4, 0.5) is 17.6 Å². The molecule has 0 bridgehead atoms. The van der Waals surface area contributed by atoms with Crippen molar-refractivity contribution in [1.82, 2.24) is 0 Å². The van der Waals surface area contributed by atoms with Crippen molar-refractivity contribution in [3.63, 3.8) is 0 Å². The van der Waals surface area contributed by atoms with Gasteiger partial charge in [0.25, 0.3) is 0 Å². The van der Waals surface area contributed by atoms with Crippen molar-refractivity contribution in [3.05, 3.63) is 35.1 Å². The largest absolute Gasteiger partial charge is 0.393 e. The van der Waals surface area contributed by atoms with Crippen molar-refractivity contribution >= 4 is 0 Å². The Labute approximate surface area is 91.3 Å². The van der Waals surface area contributed by atoms with Crippen LogP contribution in [0.15, 0.2) is 18.2 Å². The molecule has 0 saturated heterocycles. The van der Waals surface area contributed by atoms with E-state index in [4.69, 9.17) is 5.73 Å². The number of alkyl halides is 3. The molecule has 0 aliphatic rings. The summed E-state index contributed by atoms with van der Waals surface area (Å²) in [7, 11) is 0. The number of hydrogen-bond acceptors (Lipinski definition) is 1. The highest BCUT2D eigenvalue weighted by molar-refractivity contribution is 5.29. The van der Waals surface area contributed by atoms with E-state index in [1.54, 1.807) is 6.92 Å². The Morgan fingerprint density at radius 2 is 1.88 bits per heavy atom. The van der Waals surface area contributed by atoms with E-state index in [2.05, 4.69) is 0 Å². The predicted molar refractivity (Wildman–Crippen MR) is 53.5 cm³/mol. The van der Waals surface area contributed by atoms with Gasteiger partial charge in [-0.3, -0.25) is 0 Å². The number of hydrogen-bond donors (Lipinski definition) is 1. The van der Waals surface area contributed by atoms with Gasteiger partial charge in [-0.15, -0.1) is 0 Å². The van der Waals surface area contributed by atoms with Gasteiger partial charge < -0.3 is 5.73 Å². The summed E-state index contributed by atoms with van der Waals surface area (Å²) < 4.78 is 49.6. The Bertz CT molecular complexity index is 357. The van der Waals surface area contributed by atoms with E-state index in [9.17, 15) is 17.6 Å². The van der Waals surface area contributed by atoms with E-state index in [0.717, 1.165) is 12.1 Å². The molecule has 0 heterocycles. The molecule has 0 aliphatic carbocycles. The number of nitrogens with two attached hydrogens (primary N) is 1. The van der Waals surface area contributed by atoms with Crippen molar-refractivity contribution in [2.75, 3.05) is 0 Å². The molecule has 0 spiro atoms. The van der Waals surface area contributed by atoms with E-state index in [0.29, 0.717) is 5.56 Å². The van der Waals surface area contributed by atoms with E-state index in [-0.39, 0.29) is 18.0 Å². The van der Waals surface area contributed by atoms with Gasteiger partial charge in [0.15, 0.2) is 0 Å². The first-order valence-corrected chi connectivity index (χ1v) is 4.87. The summed E-state index contributed by atoms with van der Waals surface area (Å²) in [6.07, 6.45) is -5.09. The lowest BCUT2D eigenvalue weighted by Crippen LogP contribution is -2.20. The van der Waals surface area contributed by atoms with Crippen LogP contribution in [-0.2, 0) is 12.8 Å². The Morgan fingerprint density at radius 1 is 1.25 bits per heavy atom.